The molecule has 0 unspecified atom stereocenters. The molecule has 4 N–H and O–H groups in total. The van der Waals surface area contributed by atoms with E-state index in [0.717, 1.165) is 27.8 Å². The molecule has 3 atom stereocenters. The minimum atomic E-state index is -1.11. The van der Waals surface area contributed by atoms with Crippen molar-refractivity contribution < 1.29 is 33.8 Å². The van der Waals surface area contributed by atoms with Gasteiger partial charge in [-0.15, -0.1) is 0 Å². The molecule has 11 nitrogen and oxygen atoms in total. The molecule has 4 amide bonds. The number of likely N-dealkylation sites (tertiary alicyclic amines) is 1. The second-order valence-corrected chi connectivity index (χ2v) is 12.5. The van der Waals surface area contributed by atoms with Gasteiger partial charge in [0, 0.05) is 31.1 Å². The zero-order chi connectivity index (χ0) is 33.6. The molecule has 0 bridgehead atoms. The lowest BCUT2D eigenvalue weighted by atomic mass is 9.82. The smallest absolute Gasteiger partial charge is 0.407 e. The van der Waals surface area contributed by atoms with E-state index < -0.39 is 41.6 Å². The number of alkyl carbamates (subject to hydrolysis) is 1. The molecule has 12 heteroatoms. The first-order valence-electron chi connectivity index (χ1n) is 15.5. The van der Waals surface area contributed by atoms with E-state index in [1.807, 2.05) is 60.7 Å². The number of carboxylic acid groups (broad SMARTS) is 1. The van der Waals surface area contributed by atoms with Crippen molar-refractivity contribution in [3.05, 3.63) is 94.5 Å². The third-order valence-corrected chi connectivity index (χ3v) is 8.98. The number of piperidine rings is 1. The van der Waals surface area contributed by atoms with Crippen LogP contribution in [0.1, 0.15) is 42.4 Å². The topological polar surface area (TPSA) is 146 Å². The monoisotopic (exact) mass is 662 g/mol. The second-order valence-electron chi connectivity index (χ2n) is 12.1. The quantitative estimate of drug-likeness (QED) is 0.235. The Kier molecular flexibility index (Phi) is 10.7. The lowest BCUT2D eigenvalue weighted by Gasteiger charge is -2.43. The highest BCUT2D eigenvalue weighted by atomic mass is 35.5. The van der Waals surface area contributed by atoms with Gasteiger partial charge in [0.1, 0.15) is 18.7 Å². The molecule has 1 aliphatic carbocycles. The van der Waals surface area contributed by atoms with Gasteiger partial charge in [0.2, 0.25) is 11.8 Å². The van der Waals surface area contributed by atoms with Crippen LogP contribution in [0.3, 0.4) is 0 Å². The highest BCUT2D eigenvalue weighted by Gasteiger charge is 2.40. The van der Waals surface area contributed by atoms with Crippen LogP contribution < -0.4 is 16.0 Å². The fourth-order valence-corrected chi connectivity index (χ4v) is 6.58. The van der Waals surface area contributed by atoms with E-state index in [1.165, 1.54) is 18.9 Å². The van der Waals surface area contributed by atoms with Gasteiger partial charge in [-0.05, 0) is 66.1 Å². The van der Waals surface area contributed by atoms with Crippen molar-refractivity contribution in [1.82, 2.24) is 20.9 Å². The number of nitrogens with zero attached hydrogens (tertiary/aromatic N) is 1. The lowest BCUT2D eigenvalue weighted by molar-refractivity contribution is -0.132. The molecule has 0 saturated carbocycles. The molecule has 5 rings (SSSR count). The molecule has 1 aliphatic heterocycles. The van der Waals surface area contributed by atoms with Crippen LogP contribution in [0.5, 0.6) is 0 Å². The molecule has 248 valence electrons. The molecular formula is C35H39ClN4O7. The third-order valence-electron chi connectivity index (χ3n) is 8.73. The summed E-state index contributed by atoms with van der Waals surface area (Å²) in [6.07, 6.45) is -0.414. The number of hydrogen-bond acceptors (Lipinski definition) is 6. The van der Waals surface area contributed by atoms with E-state index in [-0.39, 0.29) is 25.7 Å². The summed E-state index contributed by atoms with van der Waals surface area (Å²) in [6, 6.07) is 21.0. The fourth-order valence-electron chi connectivity index (χ4n) is 6.46. The first kappa shape index (κ1) is 33.7. The van der Waals surface area contributed by atoms with E-state index in [1.54, 1.807) is 12.1 Å². The number of nitrogens with one attached hydrogen (secondary N) is 3. The summed E-state index contributed by atoms with van der Waals surface area (Å²) in [5.74, 6) is -1.28. The predicted molar refractivity (Wildman–Crippen MR) is 176 cm³/mol. The Hall–Kier alpha value is -4.61. The molecule has 1 fully saturated rings. The van der Waals surface area contributed by atoms with Crippen LogP contribution in [-0.2, 0) is 25.5 Å². The van der Waals surface area contributed by atoms with Crippen molar-refractivity contribution >= 4 is 35.6 Å². The van der Waals surface area contributed by atoms with Gasteiger partial charge in [-0.3, -0.25) is 9.59 Å². The Labute approximate surface area is 278 Å². The average molecular weight is 663 g/mol. The molecule has 1 saturated heterocycles. The summed E-state index contributed by atoms with van der Waals surface area (Å²) in [7, 11) is 1.40. The van der Waals surface area contributed by atoms with Gasteiger partial charge in [0.15, 0.2) is 0 Å². The zero-order valence-corrected chi connectivity index (χ0v) is 27.1. The minimum absolute atomic E-state index is 0.0735. The SMILES string of the molecule is COC[C@H](NC(=O)[C@H](C)NC(=O)OCC1c2ccccc2-c2ccccc21)C(=O)N[C@@]1(Cc2ccc(Cl)cc2)CCCN(C(=O)O)C1. The molecule has 0 radical (unpaired) electrons. The predicted octanol–water partition coefficient (Wildman–Crippen LogP) is 4.57. The average Bonchev–Trinajstić information content (AvgIpc) is 3.38. The highest BCUT2D eigenvalue weighted by molar-refractivity contribution is 6.30. The van der Waals surface area contributed by atoms with Crippen molar-refractivity contribution in [2.24, 2.45) is 0 Å². The normalized spacial score (nSPS) is 18.3. The highest BCUT2D eigenvalue weighted by Crippen LogP contribution is 2.44. The standard InChI is InChI=1S/C35H39ClN4O7/c1-22(37-33(43)47-19-29-27-10-5-3-8-25(27)26-9-4-6-11-28(26)29)31(41)38-30(20-46-2)32(42)39-35(16-7-17-40(21-35)34(44)45)18-23-12-14-24(36)15-13-23/h3-6,8-15,22,29-30H,7,16-21H2,1-2H3,(H,37,43)(H,38,41)(H,39,42)(H,44,45)/t22-,30-,35+/m0/s1. The number of halogens is 1. The van der Waals surface area contributed by atoms with Gasteiger partial charge in [-0.2, -0.15) is 0 Å². The number of methoxy groups -OCH3 is 1. The molecule has 2 aliphatic rings. The van der Waals surface area contributed by atoms with Gasteiger partial charge in [-0.1, -0.05) is 72.3 Å². The summed E-state index contributed by atoms with van der Waals surface area (Å²) in [4.78, 5) is 52.8. The van der Waals surface area contributed by atoms with Crippen molar-refractivity contribution in [3.63, 3.8) is 0 Å². The summed E-state index contributed by atoms with van der Waals surface area (Å²) in [5, 5.41) is 18.5. The lowest BCUT2D eigenvalue weighted by Crippen LogP contribution is -2.64. The second kappa shape index (κ2) is 14.9. The maximum atomic E-state index is 13.7. The van der Waals surface area contributed by atoms with E-state index in [2.05, 4.69) is 16.0 Å². The molecule has 3 aromatic rings. The zero-order valence-electron chi connectivity index (χ0n) is 26.3. The summed E-state index contributed by atoms with van der Waals surface area (Å²) >= 11 is 6.06. The summed E-state index contributed by atoms with van der Waals surface area (Å²) in [5.41, 5.74) is 4.29. The Bertz CT molecular complexity index is 1570. The van der Waals surface area contributed by atoms with Crippen LogP contribution in [0.4, 0.5) is 9.59 Å². The van der Waals surface area contributed by atoms with Crippen molar-refractivity contribution in [2.45, 2.75) is 49.7 Å². The molecule has 1 heterocycles. The van der Waals surface area contributed by atoms with Gasteiger partial charge < -0.3 is 35.4 Å². The van der Waals surface area contributed by atoms with E-state index in [4.69, 9.17) is 21.1 Å². The van der Waals surface area contributed by atoms with E-state index in [9.17, 15) is 24.3 Å². The van der Waals surface area contributed by atoms with Crippen LogP contribution in [0.2, 0.25) is 5.02 Å². The van der Waals surface area contributed by atoms with Gasteiger partial charge in [-0.25, -0.2) is 9.59 Å². The number of amides is 4. The largest absolute Gasteiger partial charge is 0.465 e. The van der Waals surface area contributed by atoms with Crippen LogP contribution in [-0.4, -0.2) is 85.0 Å². The van der Waals surface area contributed by atoms with Crippen molar-refractivity contribution in [3.8, 4) is 11.1 Å². The first-order valence-corrected chi connectivity index (χ1v) is 15.9. The number of hydrogen-bond donors (Lipinski definition) is 4. The van der Waals surface area contributed by atoms with Crippen molar-refractivity contribution in [2.75, 3.05) is 33.4 Å². The van der Waals surface area contributed by atoms with Crippen LogP contribution in [0.25, 0.3) is 11.1 Å². The number of carbonyl (C=O) groups excluding carboxylic acids is 3. The van der Waals surface area contributed by atoms with Gasteiger partial charge in [0.05, 0.1) is 12.1 Å². The number of carbonyl (C=O) groups is 4. The van der Waals surface area contributed by atoms with Gasteiger partial charge in [0.25, 0.3) is 0 Å². The Balaban J connectivity index is 1.20. The van der Waals surface area contributed by atoms with Crippen molar-refractivity contribution in [1.29, 1.82) is 0 Å². The Morgan fingerprint density at radius 2 is 1.60 bits per heavy atom. The molecule has 0 spiro atoms. The Morgan fingerprint density at radius 3 is 2.21 bits per heavy atom. The number of benzene rings is 3. The maximum absolute atomic E-state index is 13.7. The minimum Gasteiger partial charge on any atom is -0.465 e. The summed E-state index contributed by atoms with van der Waals surface area (Å²) < 4.78 is 10.8. The van der Waals surface area contributed by atoms with Crippen LogP contribution in [0.15, 0.2) is 72.8 Å². The fraction of sp³-hybridized carbons (Fsp3) is 0.371. The van der Waals surface area contributed by atoms with Gasteiger partial charge >= 0.3 is 12.2 Å². The van der Waals surface area contributed by atoms with Crippen LogP contribution in [0, 0.1) is 0 Å². The van der Waals surface area contributed by atoms with E-state index >= 15 is 0 Å². The Morgan fingerprint density at radius 1 is 0.957 bits per heavy atom. The molecule has 0 aromatic heterocycles. The maximum Gasteiger partial charge on any atom is 0.407 e. The molecular weight excluding hydrogens is 624 g/mol. The number of fused-ring (bicyclic) bond motifs is 3. The molecule has 47 heavy (non-hydrogen) atoms. The van der Waals surface area contributed by atoms with Crippen LogP contribution >= 0.6 is 11.6 Å². The number of ether oxygens (including phenoxy) is 2. The summed E-state index contributed by atoms with van der Waals surface area (Å²) in [6.45, 7) is 1.86. The van der Waals surface area contributed by atoms with E-state index in [0.29, 0.717) is 30.8 Å². The number of rotatable bonds is 11. The first-order chi connectivity index (χ1) is 22.6. The molecule has 3 aromatic carbocycles. The third kappa shape index (κ3) is 8.04.